The van der Waals surface area contributed by atoms with Crippen molar-refractivity contribution >= 4 is 22.3 Å². The number of rotatable bonds is 3. The first-order valence-corrected chi connectivity index (χ1v) is 10.3. The number of benzene rings is 2. The van der Waals surface area contributed by atoms with E-state index in [-0.39, 0.29) is 11.5 Å². The van der Waals surface area contributed by atoms with Gasteiger partial charge in [0.05, 0.1) is 23.7 Å². The average Bonchev–Trinajstić information content (AvgIpc) is 3.34. The molecule has 1 aliphatic heterocycles. The van der Waals surface area contributed by atoms with Gasteiger partial charge in [0.2, 0.25) is 0 Å². The van der Waals surface area contributed by atoms with Crippen LogP contribution in [0.1, 0.15) is 39.2 Å². The molecule has 3 heterocycles. The molecule has 0 spiro atoms. The Morgan fingerprint density at radius 1 is 0.966 bits per heavy atom. The highest BCUT2D eigenvalue weighted by Gasteiger charge is 2.22. The molecule has 0 radical (unpaired) electrons. The summed E-state index contributed by atoms with van der Waals surface area (Å²) in [6.45, 7) is 8.28. The van der Waals surface area contributed by atoms with Crippen LogP contribution in [0.25, 0.3) is 33.7 Å². The maximum atomic E-state index is 5.92. The predicted octanol–water partition coefficient (Wildman–Crippen LogP) is 5.12. The predicted molar refractivity (Wildman–Crippen MR) is 116 cm³/mol. The van der Waals surface area contributed by atoms with Gasteiger partial charge in [0.25, 0.3) is 0 Å². The molecule has 1 saturated heterocycles. The lowest BCUT2D eigenvalue weighted by molar-refractivity contribution is 0.0981. The maximum absolute atomic E-state index is 5.92. The second kappa shape index (κ2) is 6.92. The fourth-order valence-electron chi connectivity index (χ4n) is 4.00. The van der Waals surface area contributed by atoms with Gasteiger partial charge in [-0.15, -0.1) is 0 Å². The monoisotopic (exact) mass is 386 g/mol. The molecule has 2 aromatic carbocycles. The van der Waals surface area contributed by atoms with E-state index in [4.69, 9.17) is 19.7 Å². The molecule has 0 saturated carbocycles. The van der Waals surface area contributed by atoms with E-state index in [0.29, 0.717) is 5.65 Å². The van der Waals surface area contributed by atoms with E-state index in [1.807, 2.05) is 24.3 Å². The number of aromatic nitrogens is 4. The highest BCUT2D eigenvalue weighted by molar-refractivity contribution is 5.84. The van der Waals surface area contributed by atoms with Crippen LogP contribution in [0.2, 0.25) is 0 Å². The Kier molecular flexibility index (Phi) is 4.36. The normalized spacial score (nSPS) is 17.4. The van der Waals surface area contributed by atoms with Crippen molar-refractivity contribution in [3.8, 4) is 11.4 Å². The number of para-hydroxylation sites is 2. The van der Waals surface area contributed by atoms with Gasteiger partial charge in [-0.2, -0.15) is 0 Å². The van der Waals surface area contributed by atoms with E-state index in [1.165, 1.54) is 5.56 Å². The molecule has 5 nitrogen and oxygen atoms in total. The molecule has 5 heteroatoms. The zero-order chi connectivity index (χ0) is 20.0. The molecule has 1 fully saturated rings. The molecule has 0 unspecified atom stereocenters. The Morgan fingerprint density at radius 3 is 2.34 bits per heavy atom. The Balaban J connectivity index is 1.67. The third-order valence-corrected chi connectivity index (χ3v) is 5.68. The molecule has 148 valence electrons. The summed E-state index contributed by atoms with van der Waals surface area (Å²) in [5.41, 5.74) is 5.80. The zero-order valence-electron chi connectivity index (χ0n) is 17.2. The van der Waals surface area contributed by atoms with E-state index in [1.54, 1.807) is 0 Å². The van der Waals surface area contributed by atoms with Crippen LogP contribution in [0.4, 0.5) is 0 Å². The Bertz CT molecular complexity index is 1170. The van der Waals surface area contributed by atoms with Crippen molar-refractivity contribution in [2.24, 2.45) is 0 Å². The van der Waals surface area contributed by atoms with E-state index in [0.717, 1.165) is 54.1 Å². The summed E-state index contributed by atoms with van der Waals surface area (Å²) < 4.78 is 8.11. The second-order valence-electron chi connectivity index (χ2n) is 8.87. The molecular formula is C24H26N4O. The minimum Gasteiger partial charge on any atom is -0.376 e. The molecule has 5 rings (SSSR count). The maximum Gasteiger partial charge on any atom is 0.198 e. The first kappa shape index (κ1) is 18.3. The highest BCUT2D eigenvalue weighted by atomic mass is 16.5. The van der Waals surface area contributed by atoms with Gasteiger partial charge < -0.3 is 9.30 Å². The van der Waals surface area contributed by atoms with E-state index < -0.39 is 0 Å². The summed E-state index contributed by atoms with van der Waals surface area (Å²) in [5, 5.41) is 0. The van der Waals surface area contributed by atoms with Crippen molar-refractivity contribution in [3.05, 3.63) is 54.1 Å². The quantitative estimate of drug-likeness (QED) is 0.490. The molecule has 1 atom stereocenters. The van der Waals surface area contributed by atoms with E-state index in [2.05, 4.69) is 49.6 Å². The third kappa shape index (κ3) is 3.40. The smallest absolute Gasteiger partial charge is 0.198 e. The average molecular weight is 386 g/mol. The lowest BCUT2D eigenvalue weighted by atomic mass is 9.87. The topological polar surface area (TPSA) is 52.8 Å². The first-order valence-electron chi connectivity index (χ1n) is 10.3. The van der Waals surface area contributed by atoms with Crippen LogP contribution in [0.5, 0.6) is 0 Å². The lowest BCUT2D eigenvalue weighted by Gasteiger charge is -2.19. The fourth-order valence-corrected chi connectivity index (χ4v) is 4.00. The van der Waals surface area contributed by atoms with Crippen molar-refractivity contribution in [2.45, 2.75) is 51.7 Å². The van der Waals surface area contributed by atoms with Crippen LogP contribution in [0.15, 0.2) is 48.5 Å². The largest absolute Gasteiger partial charge is 0.376 e. The minimum absolute atomic E-state index is 0.122. The van der Waals surface area contributed by atoms with Crippen molar-refractivity contribution in [1.82, 2.24) is 19.5 Å². The van der Waals surface area contributed by atoms with Crippen LogP contribution in [-0.4, -0.2) is 32.2 Å². The minimum atomic E-state index is 0.122. The summed E-state index contributed by atoms with van der Waals surface area (Å²) in [6, 6.07) is 16.7. The lowest BCUT2D eigenvalue weighted by Crippen LogP contribution is -2.16. The number of nitrogens with zero attached hydrogens (tertiary/aromatic N) is 4. The number of hydrogen-bond donors (Lipinski definition) is 0. The Morgan fingerprint density at radius 2 is 1.69 bits per heavy atom. The number of ether oxygens (including phenoxy) is 1. The molecule has 29 heavy (non-hydrogen) atoms. The molecule has 0 amide bonds. The standard InChI is InChI=1S/C24H26N4O/c1-24(2,3)17-12-10-16(11-13-17)22-27-21-23(28(22)15-18-7-6-14-29-18)26-20-9-5-4-8-19(20)25-21/h4-5,8-13,18H,6-7,14-15H2,1-3H3/t18-/m0/s1. The summed E-state index contributed by atoms with van der Waals surface area (Å²) in [6.07, 6.45) is 2.39. The van der Waals surface area contributed by atoms with Crippen molar-refractivity contribution in [3.63, 3.8) is 0 Å². The Hall–Kier alpha value is -2.79. The van der Waals surface area contributed by atoms with E-state index in [9.17, 15) is 0 Å². The molecule has 0 aliphatic carbocycles. The molecule has 0 N–H and O–H groups in total. The number of imidazole rings is 1. The van der Waals surface area contributed by atoms with Crippen LogP contribution >= 0.6 is 0 Å². The first-order chi connectivity index (χ1) is 14.0. The summed E-state index contributed by atoms with van der Waals surface area (Å²) in [5.74, 6) is 0.909. The van der Waals surface area contributed by atoms with Gasteiger partial charge in [-0.1, -0.05) is 57.2 Å². The van der Waals surface area contributed by atoms with Crippen LogP contribution in [-0.2, 0) is 16.7 Å². The number of fused-ring (bicyclic) bond motifs is 2. The van der Waals surface area contributed by atoms with Crippen molar-refractivity contribution in [1.29, 1.82) is 0 Å². The van der Waals surface area contributed by atoms with Crippen molar-refractivity contribution in [2.75, 3.05) is 6.61 Å². The fraction of sp³-hybridized carbons (Fsp3) is 0.375. The molecule has 4 aromatic rings. The third-order valence-electron chi connectivity index (χ3n) is 5.68. The number of hydrogen-bond acceptors (Lipinski definition) is 4. The molecule has 1 aliphatic rings. The second-order valence-corrected chi connectivity index (χ2v) is 8.87. The van der Waals surface area contributed by atoms with Crippen LogP contribution < -0.4 is 0 Å². The van der Waals surface area contributed by atoms with Gasteiger partial charge >= 0.3 is 0 Å². The van der Waals surface area contributed by atoms with Crippen LogP contribution in [0, 0.1) is 0 Å². The molecule has 2 aromatic heterocycles. The van der Waals surface area contributed by atoms with Crippen LogP contribution in [0.3, 0.4) is 0 Å². The zero-order valence-corrected chi connectivity index (χ0v) is 17.2. The van der Waals surface area contributed by atoms with Gasteiger partial charge in [0.15, 0.2) is 11.3 Å². The summed E-state index contributed by atoms with van der Waals surface area (Å²) in [4.78, 5) is 14.6. The van der Waals surface area contributed by atoms with Crippen molar-refractivity contribution < 1.29 is 4.74 Å². The summed E-state index contributed by atoms with van der Waals surface area (Å²) >= 11 is 0. The highest BCUT2D eigenvalue weighted by Crippen LogP contribution is 2.29. The molecular weight excluding hydrogens is 360 g/mol. The summed E-state index contributed by atoms with van der Waals surface area (Å²) in [7, 11) is 0. The van der Waals surface area contributed by atoms with Gasteiger partial charge in [0.1, 0.15) is 5.82 Å². The SMILES string of the molecule is CC(C)(C)c1ccc(-c2nc3nc4ccccc4nc3n2C[C@@H]2CCCO2)cc1. The van der Waals surface area contributed by atoms with Gasteiger partial charge in [-0.3, -0.25) is 0 Å². The van der Waals surface area contributed by atoms with Gasteiger partial charge in [-0.25, -0.2) is 15.0 Å². The van der Waals surface area contributed by atoms with Gasteiger partial charge in [0, 0.05) is 12.2 Å². The van der Waals surface area contributed by atoms with Gasteiger partial charge in [-0.05, 0) is 36.0 Å². The Labute approximate surface area is 170 Å². The molecule has 0 bridgehead atoms. The van der Waals surface area contributed by atoms with E-state index >= 15 is 0 Å².